The van der Waals surface area contributed by atoms with E-state index < -0.39 is 124 Å². The summed E-state index contributed by atoms with van der Waals surface area (Å²) in [7, 11) is 0. The minimum atomic E-state index is -1.98. The lowest BCUT2D eigenvalue weighted by Crippen LogP contribution is -2.66. The van der Waals surface area contributed by atoms with Crippen LogP contribution in [0.5, 0.6) is 0 Å². The molecule has 476 valence electrons. The number of carbonyl (C=O) groups excluding carboxylic acids is 1. The van der Waals surface area contributed by atoms with Gasteiger partial charge in [-0.2, -0.15) is 0 Å². The quantitative estimate of drug-likeness (QED) is 0.0231. The van der Waals surface area contributed by atoms with E-state index in [0.29, 0.717) is 12.8 Å². The Kier molecular flexibility index (Phi) is 41.2. The van der Waals surface area contributed by atoms with Crippen LogP contribution < -0.4 is 5.32 Å². The number of aliphatic hydroxyl groups excluding tert-OH is 11. The largest absolute Gasteiger partial charge is 0.394 e. The highest BCUT2D eigenvalue weighted by molar-refractivity contribution is 5.76. The van der Waals surface area contributed by atoms with Gasteiger partial charge >= 0.3 is 0 Å². The van der Waals surface area contributed by atoms with E-state index in [4.69, 9.17) is 28.4 Å². The summed E-state index contributed by atoms with van der Waals surface area (Å²) < 4.78 is 34.1. The molecule has 3 aliphatic rings. The first-order chi connectivity index (χ1) is 39.8. The van der Waals surface area contributed by atoms with Gasteiger partial charge in [-0.15, -0.1) is 0 Å². The third-order valence-electron chi connectivity index (χ3n) is 15.5. The van der Waals surface area contributed by atoms with Crippen molar-refractivity contribution in [1.82, 2.24) is 5.32 Å². The van der Waals surface area contributed by atoms with Gasteiger partial charge in [0.25, 0.3) is 0 Å². The number of unbranched alkanes of at least 4 members (excludes halogenated alkanes) is 22. The third-order valence-corrected chi connectivity index (χ3v) is 15.5. The van der Waals surface area contributed by atoms with Gasteiger partial charge in [-0.05, 0) is 64.2 Å². The number of aliphatic hydroxyl groups is 11. The average Bonchev–Trinajstić information content (AvgIpc) is 3.62. The molecule has 0 aliphatic carbocycles. The molecule has 19 nitrogen and oxygen atoms in total. The Balaban J connectivity index is 1.37. The standard InChI is InChI=1S/C63H111NO18/c1-3-5-7-9-11-13-14-15-16-17-18-19-20-21-22-23-24-25-26-27-28-29-30-31-32-33-35-37-39-41-51(69)64-46(47(68)40-38-36-34-12-10-8-6-4-2)45-77-61-57(75)54(72)59(49(43-66)79-61)82-63-58(76)55(73)60(50(44-67)80-63)81-62-56(74)53(71)52(70)48(42-65)78-62/h10,12,14-15,17-18,20-21,38,40,46-50,52-63,65-68,70-76H,3-9,11,13,16,19,22-37,39,41-45H2,1-2H3,(H,64,69)/b12-10+,15-14-,18-17-,21-20-,40-38+. The van der Waals surface area contributed by atoms with E-state index in [-0.39, 0.29) is 18.9 Å². The molecule has 3 fully saturated rings. The Labute approximate surface area is 490 Å². The van der Waals surface area contributed by atoms with E-state index in [9.17, 15) is 61.0 Å². The number of amides is 1. The molecule has 12 N–H and O–H groups in total. The van der Waals surface area contributed by atoms with Crippen LogP contribution in [0.2, 0.25) is 0 Å². The SMILES string of the molecule is CCCC/C=C/CC/C=C/C(O)C(COC1OC(CO)C(OC2OC(CO)C(OC3OC(CO)C(O)C(O)C3O)C(O)C2O)C(O)C1O)NC(=O)CCCCCCCCCCCCCCCC/C=C\C/C=C\C/C=C\CCCCCCC. The molecule has 0 aromatic heterocycles. The smallest absolute Gasteiger partial charge is 0.220 e. The van der Waals surface area contributed by atoms with Crippen molar-refractivity contribution >= 4 is 5.91 Å². The lowest BCUT2D eigenvalue weighted by Gasteiger charge is -2.48. The van der Waals surface area contributed by atoms with E-state index in [1.165, 1.54) is 109 Å². The van der Waals surface area contributed by atoms with Gasteiger partial charge in [-0.1, -0.05) is 190 Å². The molecule has 0 radical (unpaired) electrons. The third kappa shape index (κ3) is 28.8. The maximum atomic E-state index is 13.3. The Hall–Kier alpha value is -2.51. The Bertz CT molecular complexity index is 1730. The topological polar surface area (TPSA) is 307 Å². The van der Waals surface area contributed by atoms with E-state index in [0.717, 1.165) is 57.8 Å². The summed E-state index contributed by atoms with van der Waals surface area (Å²) in [4.78, 5) is 13.3. The highest BCUT2D eigenvalue weighted by atomic mass is 16.8. The van der Waals surface area contributed by atoms with Gasteiger partial charge in [-0.25, -0.2) is 0 Å². The highest BCUT2D eigenvalue weighted by Gasteiger charge is 2.53. The summed E-state index contributed by atoms with van der Waals surface area (Å²) in [5.41, 5.74) is 0. The molecule has 17 unspecified atom stereocenters. The van der Waals surface area contributed by atoms with Crippen LogP contribution in [0.25, 0.3) is 0 Å². The first-order valence-electron chi connectivity index (χ1n) is 31.5. The summed E-state index contributed by atoms with van der Waals surface area (Å²) >= 11 is 0. The number of allylic oxidation sites excluding steroid dienone is 9. The lowest BCUT2D eigenvalue weighted by atomic mass is 9.96. The van der Waals surface area contributed by atoms with Crippen LogP contribution in [0.3, 0.4) is 0 Å². The van der Waals surface area contributed by atoms with E-state index in [1.54, 1.807) is 6.08 Å². The van der Waals surface area contributed by atoms with E-state index in [1.807, 2.05) is 6.08 Å². The van der Waals surface area contributed by atoms with Gasteiger partial charge < -0.3 is 89.9 Å². The molecule has 0 bridgehead atoms. The van der Waals surface area contributed by atoms with Crippen LogP contribution in [-0.4, -0.2) is 193 Å². The molecular weight excluding hydrogens is 1060 g/mol. The molecule has 1 amide bonds. The minimum absolute atomic E-state index is 0.232. The Morgan fingerprint density at radius 3 is 1.34 bits per heavy atom. The summed E-state index contributed by atoms with van der Waals surface area (Å²) in [5, 5.41) is 120. The number of carbonyl (C=O) groups is 1. The van der Waals surface area contributed by atoms with Crippen LogP contribution in [0.15, 0.2) is 60.8 Å². The molecule has 0 aromatic rings. The van der Waals surface area contributed by atoms with Crippen molar-refractivity contribution in [3.05, 3.63) is 60.8 Å². The van der Waals surface area contributed by atoms with Crippen molar-refractivity contribution < 1.29 is 89.4 Å². The Morgan fingerprint density at radius 2 is 0.829 bits per heavy atom. The first-order valence-corrected chi connectivity index (χ1v) is 31.5. The molecule has 3 rings (SSSR count). The summed E-state index contributed by atoms with van der Waals surface area (Å²) in [6.45, 7) is 1.59. The van der Waals surface area contributed by atoms with Crippen molar-refractivity contribution in [2.24, 2.45) is 0 Å². The predicted molar refractivity (Wildman–Crippen MR) is 314 cm³/mol. The summed E-state index contributed by atoms with van der Waals surface area (Å²) in [5.74, 6) is -0.292. The molecule has 0 spiro atoms. The predicted octanol–water partition coefficient (Wildman–Crippen LogP) is 6.43. The van der Waals surface area contributed by atoms with Crippen molar-refractivity contribution in [2.45, 2.75) is 304 Å². The van der Waals surface area contributed by atoms with Crippen molar-refractivity contribution in [1.29, 1.82) is 0 Å². The normalized spacial score (nSPS) is 30.0. The number of hydrogen-bond acceptors (Lipinski definition) is 18. The van der Waals surface area contributed by atoms with Crippen molar-refractivity contribution in [3.63, 3.8) is 0 Å². The van der Waals surface area contributed by atoms with Crippen molar-refractivity contribution in [2.75, 3.05) is 26.4 Å². The number of hydrogen-bond donors (Lipinski definition) is 12. The van der Waals surface area contributed by atoms with Crippen LogP contribution in [0.1, 0.15) is 200 Å². The van der Waals surface area contributed by atoms with Crippen LogP contribution >= 0.6 is 0 Å². The number of nitrogens with one attached hydrogen (secondary N) is 1. The molecule has 19 heteroatoms. The lowest BCUT2D eigenvalue weighted by molar-refractivity contribution is -0.379. The first kappa shape index (κ1) is 73.7. The highest BCUT2D eigenvalue weighted by Crippen LogP contribution is 2.33. The molecule has 3 saturated heterocycles. The molecule has 82 heavy (non-hydrogen) atoms. The van der Waals surface area contributed by atoms with Crippen molar-refractivity contribution in [3.8, 4) is 0 Å². The number of rotatable bonds is 46. The number of ether oxygens (including phenoxy) is 6. The van der Waals surface area contributed by atoms with Crippen LogP contribution in [0, 0.1) is 0 Å². The van der Waals surface area contributed by atoms with Gasteiger partial charge in [0.05, 0.1) is 38.6 Å². The van der Waals surface area contributed by atoms with Gasteiger partial charge in [0, 0.05) is 6.42 Å². The second kappa shape index (κ2) is 45.8. The second-order valence-electron chi connectivity index (χ2n) is 22.5. The van der Waals surface area contributed by atoms with E-state index >= 15 is 0 Å². The molecule has 0 aromatic carbocycles. The average molecular weight is 1170 g/mol. The molecule has 3 heterocycles. The second-order valence-corrected chi connectivity index (χ2v) is 22.5. The zero-order valence-corrected chi connectivity index (χ0v) is 49.7. The van der Waals surface area contributed by atoms with Crippen LogP contribution in [-0.2, 0) is 33.2 Å². The van der Waals surface area contributed by atoms with E-state index in [2.05, 4.69) is 67.8 Å². The van der Waals surface area contributed by atoms with Crippen LogP contribution in [0.4, 0.5) is 0 Å². The van der Waals surface area contributed by atoms with Gasteiger partial charge in [0.2, 0.25) is 5.91 Å². The fourth-order valence-corrected chi connectivity index (χ4v) is 10.3. The maximum Gasteiger partial charge on any atom is 0.220 e. The van der Waals surface area contributed by atoms with Gasteiger partial charge in [-0.3, -0.25) is 4.79 Å². The Morgan fingerprint density at radius 1 is 0.439 bits per heavy atom. The zero-order chi connectivity index (χ0) is 59.7. The summed E-state index contributed by atoms with van der Waals surface area (Å²) in [6, 6.07) is -0.989. The van der Waals surface area contributed by atoms with Gasteiger partial charge in [0.1, 0.15) is 73.2 Å². The van der Waals surface area contributed by atoms with Gasteiger partial charge in [0.15, 0.2) is 18.9 Å². The molecular formula is C63H111NO18. The molecule has 3 aliphatic heterocycles. The monoisotopic (exact) mass is 1170 g/mol. The molecule has 17 atom stereocenters. The summed E-state index contributed by atoms with van der Waals surface area (Å²) in [6.07, 6.45) is 26.8. The maximum absolute atomic E-state index is 13.3. The minimum Gasteiger partial charge on any atom is -0.394 e. The fraction of sp³-hybridized carbons (Fsp3) is 0.825. The fourth-order valence-electron chi connectivity index (χ4n) is 10.3. The molecule has 0 saturated carbocycles. The zero-order valence-electron chi connectivity index (χ0n) is 49.7.